The molecule has 0 saturated heterocycles. The van der Waals surface area contributed by atoms with Crippen molar-refractivity contribution in [1.82, 2.24) is 10.3 Å². The predicted octanol–water partition coefficient (Wildman–Crippen LogP) is 0.191. The molecule has 0 saturated carbocycles. The summed E-state index contributed by atoms with van der Waals surface area (Å²) in [6.07, 6.45) is 1.81. The topological polar surface area (TPSA) is 50.9 Å². The van der Waals surface area contributed by atoms with Crippen LogP contribution in [0.25, 0.3) is 0 Å². The first-order valence-electron chi connectivity index (χ1n) is 3.22. The van der Waals surface area contributed by atoms with E-state index >= 15 is 0 Å². The van der Waals surface area contributed by atoms with Gasteiger partial charge in [0.1, 0.15) is 5.01 Å². The highest BCUT2D eigenvalue weighted by Gasteiger charge is 1.91. The number of nitrogens with one attached hydrogen (secondary N) is 1. The molecule has 4 heteroatoms. The minimum atomic E-state index is 0.686. The Morgan fingerprint density at radius 2 is 2.60 bits per heavy atom. The highest BCUT2D eigenvalue weighted by Crippen LogP contribution is 2.01. The third kappa shape index (κ3) is 2.43. The molecule has 3 N–H and O–H groups in total. The van der Waals surface area contributed by atoms with Crippen LogP contribution in [0.2, 0.25) is 0 Å². The number of nitrogens with zero attached hydrogens (tertiary/aromatic N) is 1. The largest absolute Gasteiger partial charge is 0.329 e. The maximum atomic E-state index is 5.29. The number of nitrogens with two attached hydrogens (primary N) is 1. The molecule has 3 nitrogen and oxygen atoms in total. The van der Waals surface area contributed by atoms with Crippen LogP contribution in [0.4, 0.5) is 0 Å². The van der Waals surface area contributed by atoms with E-state index in [1.165, 1.54) is 0 Å². The Kier molecular flexibility index (Phi) is 3.35. The van der Waals surface area contributed by atoms with Crippen molar-refractivity contribution in [2.75, 3.05) is 13.1 Å². The van der Waals surface area contributed by atoms with Gasteiger partial charge < -0.3 is 11.1 Å². The Balaban J connectivity index is 2.15. The van der Waals surface area contributed by atoms with E-state index in [2.05, 4.69) is 10.3 Å². The lowest BCUT2D eigenvalue weighted by Gasteiger charge is -1.96. The second-order valence-electron chi connectivity index (χ2n) is 1.89. The van der Waals surface area contributed by atoms with Gasteiger partial charge in [0.25, 0.3) is 0 Å². The summed E-state index contributed by atoms with van der Waals surface area (Å²) in [5, 5.41) is 6.25. The Morgan fingerprint density at radius 3 is 3.20 bits per heavy atom. The van der Waals surface area contributed by atoms with Crippen molar-refractivity contribution in [2.45, 2.75) is 6.54 Å². The monoisotopic (exact) mass is 157 g/mol. The fourth-order valence-corrected chi connectivity index (χ4v) is 1.22. The second kappa shape index (κ2) is 4.38. The molecule has 56 valence electrons. The molecule has 0 aromatic carbocycles. The summed E-state index contributed by atoms with van der Waals surface area (Å²) in [6, 6.07) is 0. The fourth-order valence-electron chi connectivity index (χ4n) is 0.638. The predicted molar refractivity (Wildman–Crippen MR) is 42.9 cm³/mol. The van der Waals surface area contributed by atoms with Crippen LogP contribution in [0.3, 0.4) is 0 Å². The van der Waals surface area contributed by atoms with Crippen LogP contribution >= 0.6 is 11.3 Å². The van der Waals surface area contributed by atoms with E-state index in [1.807, 2.05) is 11.6 Å². The maximum absolute atomic E-state index is 5.29. The summed E-state index contributed by atoms with van der Waals surface area (Å²) in [7, 11) is 0. The Bertz CT molecular complexity index is 162. The lowest BCUT2D eigenvalue weighted by Crippen LogP contribution is -2.21. The normalized spacial score (nSPS) is 10.1. The SMILES string of the molecule is NCCNCc1nccs1. The van der Waals surface area contributed by atoms with Gasteiger partial charge in [-0.1, -0.05) is 0 Å². The van der Waals surface area contributed by atoms with E-state index in [1.54, 1.807) is 11.3 Å². The van der Waals surface area contributed by atoms with Crippen molar-refractivity contribution in [3.63, 3.8) is 0 Å². The minimum Gasteiger partial charge on any atom is -0.329 e. The zero-order valence-corrected chi connectivity index (χ0v) is 6.53. The van der Waals surface area contributed by atoms with Crippen LogP contribution in [0.1, 0.15) is 5.01 Å². The van der Waals surface area contributed by atoms with Gasteiger partial charge >= 0.3 is 0 Å². The van der Waals surface area contributed by atoms with Crippen molar-refractivity contribution < 1.29 is 0 Å². The van der Waals surface area contributed by atoms with Crippen molar-refractivity contribution in [3.8, 4) is 0 Å². The molecule has 0 aliphatic rings. The molecule has 0 radical (unpaired) electrons. The van der Waals surface area contributed by atoms with Crippen molar-refractivity contribution in [2.24, 2.45) is 5.73 Å². The number of rotatable bonds is 4. The molecule has 0 bridgehead atoms. The minimum absolute atomic E-state index is 0.686. The molecule has 0 spiro atoms. The van der Waals surface area contributed by atoms with Crippen molar-refractivity contribution in [1.29, 1.82) is 0 Å². The van der Waals surface area contributed by atoms with E-state index < -0.39 is 0 Å². The molecule has 1 aromatic rings. The van der Waals surface area contributed by atoms with Crippen LogP contribution in [-0.2, 0) is 6.54 Å². The number of hydrogen-bond donors (Lipinski definition) is 2. The molecule has 1 rings (SSSR count). The lowest BCUT2D eigenvalue weighted by atomic mass is 10.6. The number of hydrogen-bond acceptors (Lipinski definition) is 4. The van der Waals surface area contributed by atoms with Gasteiger partial charge in [0.2, 0.25) is 0 Å². The molecule has 0 aliphatic heterocycles. The van der Waals surface area contributed by atoms with Gasteiger partial charge in [-0.3, -0.25) is 0 Å². The van der Waals surface area contributed by atoms with E-state index in [0.717, 1.165) is 18.1 Å². The third-order valence-electron chi connectivity index (χ3n) is 1.08. The highest BCUT2D eigenvalue weighted by molar-refractivity contribution is 7.09. The smallest absolute Gasteiger partial charge is 0.106 e. The van der Waals surface area contributed by atoms with Gasteiger partial charge in [-0.25, -0.2) is 4.98 Å². The first-order valence-corrected chi connectivity index (χ1v) is 4.10. The molecule has 0 atom stereocenters. The molecule has 1 aromatic heterocycles. The number of aromatic nitrogens is 1. The number of thiazole rings is 1. The third-order valence-corrected chi connectivity index (χ3v) is 1.86. The van der Waals surface area contributed by atoms with Crippen LogP contribution in [0.5, 0.6) is 0 Å². The van der Waals surface area contributed by atoms with Gasteiger partial charge in [-0.05, 0) is 0 Å². The summed E-state index contributed by atoms with van der Waals surface area (Å²) >= 11 is 1.66. The average Bonchev–Trinajstić information content (AvgIpc) is 2.41. The summed E-state index contributed by atoms with van der Waals surface area (Å²) < 4.78 is 0. The first kappa shape index (κ1) is 7.65. The molecule has 0 fully saturated rings. The van der Waals surface area contributed by atoms with Gasteiger partial charge in [0.05, 0.1) is 0 Å². The quantitative estimate of drug-likeness (QED) is 0.613. The Morgan fingerprint density at radius 1 is 1.70 bits per heavy atom. The Hall–Kier alpha value is -0.450. The summed E-state index contributed by atoms with van der Waals surface area (Å²) in [5.41, 5.74) is 5.29. The van der Waals surface area contributed by atoms with E-state index in [0.29, 0.717) is 6.54 Å². The Labute approximate surface area is 64.3 Å². The van der Waals surface area contributed by atoms with Crippen LogP contribution in [-0.4, -0.2) is 18.1 Å². The van der Waals surface area contributed by atoms with Gasteiger partial charge in [0.15, 0.2) is 0 Å². The zero-order valence-electron chi connectivity index (χ0n) is 5.71. The van der Waals surface area contributed by atoms with Crippen LogP contribution in [0, 0.1) is 0 Å². The van der Waals surface area contributed by atoms with Crippen LogP contribution in [0.15, 0.2) is 11.6 Å². The highest BCUT2D eigenvalue weighted by atomic mass is 32.1. The summed E-state index contributed by atoms with van der Waals surface area (Å²) in [4.78, 5) is 4.10. The van der Waals surface area contributed by atoms with Gasteiger partial charge in [-0.15, -0.1) is 11.3 Å². The molecular weight excluding hydrogens is 146 g/mol. The lowest BCUT2D eigenvalue weighted by molar-refractivity contribution is 0.692. The van der Waals surface area contributed by atoms with E-state index in [-0.39, 0.29) is 0 Å². The summed E-state index contributed by atoms with van der Waals surface area (Å²) in [6.45, 7) is 2.39. The first-order chi connectivity index (χ1) is 4.93. The average molecular weight is 157 g/mol. The molecule has 0 unspecified atom stereocenters. The van der Waals surface area contributed by atoms with E-state index in [9.17, 15) is 0 Å². The van der Waals surface area contributed by atoms with Crippen molar-refractivity contribution in [3.05, 3.63) is 16.6 Å². The van der Waals surface area contributed by atoms with Gasteiger partial charge in [-0.2, -0.15) is 0 Å². The van der Waals surface area contributed by atoms with Crippen LogP contribution < -0.4 is 11.1 Å². The fraction of sp³-hybridized carbons (Fsp3) is 0.500. The molecule has 0 aliphatic carbocycles. The van der Waals surface area contributed by atoms with Crippen molar-refractivity contribution >= 4 is 11.3 Å². The molecular formula is C6H11N3S. The molecule has 1 heterocycles. The standard InChI is InChI=1S/C6H11N3S/c7-1-2-8-5-6-9-3-4-10-6/h3-4,8H,1-2,5,7H2. The molecule has 10 heavy (non-hydrogen) atoms. The summed E-state index contributed by atoms with van der Waals surface area (Å²) in [5.74, 6) is 0. The van der Waals surface area contributed by atoms with Gasteiger partial charge in [0, 0.05) is 31.2 Å². The molecule has 0 amide bonds. The maximum Gasteiger partial charge on any atom is 0.106 e. The zero-order chi connectivity index (χ0) is 7.23. The van der Waals surface area contributed by atoms with E-state index in [4.69, 9.17) is 5.73 Å². The second-order valence-corrected chi connectivity index (χ2v) is 2.87.